The number of hydrogen-bond acceptors (Lipinski definition) is 3. The van der Waals surface area contributed by atoms with Gasteiger partial charge in [0.2, 0.25) is 0 Å². The summed E-state index contributed by atoms with van der Waals surface area (Å²) < 4.78 is 3.27. The van der Waals surface area contributed by atoms with Crippen LogP contribution in [0.2, 0.25) is 0 Å². The highest BCUT2D eigenvalue weighted by molar-refractivity contribution is 9.10. The van der Waals surface area contributed by atoms with E-state index in [2.05, 4.69) is 65.4 Å². The van der Waals surface area contributed by atoms with Crippen LogP contribution in [-0.2, 0) is 19.5 Å². The molecule has 0 aliphatic carbocycles. The topological polar surface area (TPSA) is 47.1 Å². The molecule has 4 nitrogen and oxygen atoms in total. The molecule has 0 radical (unpaired) electrons. The van der Waals surface area contributed by atoms with Crippen molar-refractivity contribution in [2.45, 2.75) is 59.7 Å². The molecule has 0 amide bonds. The fourth-order valence-corrected chi connectivity index (χ4v) is 2.90. The fraction of sp³-hybridized carbons (Fsp3) is 0.800. The van der Waals surface area contributed by atoms with Gasteiger partial charge in [0, 0.05) is 19.1 Å². The summed E-state index contributed by atoms with van der Waals surface area (Å²) >= 11 is 3.70. The molecule has 1 atom stereocenters. The van der Waals surface area contributed by atoms with Crippen molar-refractivity contribution >= 4 is 15.9 Å². The highest BCUT2D eigenvalue weighted by Gasteiger charge is 2.16. The Hall–Kier alpha value is -0.390. The van der Waals surface area contributed by atoms with Crippen LogP contribution >= 0.6 is 15.9 Å². The van der Waals surface area contributed by atoms with Crippen LogP contribution in [0.1, 0.15) is 45.5 Å². The zero-order chi connectivity index (χ0) is 15.3. The maximum Gasteiger partial charge on any atom is 0.0767 e. The number of nitrogens with zero attached hydrogens (tertiary/aromatic N) is 3. The zero-order valence-electron chi connectivity index (χ0n) is 13.5. The van der Waals surface area contributed by atoms with Gasteiger partial charge in [-0.1, -0.05) is 20.8 Å². The second-order valence-corrected chi connectivity index (χ2v) is 6.60. The second kappa shape index (κ2) is 8.15. The van der Waals surface area contributed by atoms with Crippen molar-refractivity contribution in [3.63, 3.8) is 0 Å². The van der Waals surface area contributed by atoms with Crippen LogP contribution in [0.15, 0.2) is 4.47 Å². The van der Waals surface area contributed by atoms with Crippen LogP contribution in [-0.4, -0.2) is 34.3 Å². The highest BCUT2D eigenvalue weighted by Crippen LogP contribution is 2.23. The van der Waals surface area contributed by atoms with Gasteiger partial charge in [0.05, 0.1) is 15.9 Å². The smallest absolute Gasteiger partial charge is 0.0767 e. The third-order valence-electron chi connectivity index (χ3n) is 3.81. The number of hydrogen-bond donors (Lipinski definition) is 1. The molecule has 1 heterocycles. The van der Waals surface area contributed by atoms with Gasteiger partial charge in [-0.3, -0.25) is 4.68 Å². The molecule has 0 saturated heterocycles. The lowest BCUT2D eigenvalue weighted by atomic mass is 10.0. The fourth-order valence-electron chi connectivity index (χ4n) is 2.21. The highest BCUT2D eigenvalue weighted by atomic mass is 79.9. The average molecular weight is 345 g/mol. The Morgan fingerprint density at radius 1 is 1.35 bits per heavy atom. The van der Waals surface area contributed by atoms with E-state index in [1.807, 2.05) is 0 Å². The predicted octanol–water partition coefficient (Wildman–Crippen LogP) is 3.03. The van der Waals surface area contributed by atoms with Gasteiger partial charge >= 0.3 is 0 Å². The van der Waals surface area contributed by atoms with E-state index in [1.165, 1.54) is 10.2 Å². The SMILES string of the molecule is CCc1nn(CC)c(CN(C)CCC(N)C(C)C)c1Br. The Balaban J connectivity index is 2.65. The number of nitrogens with two attached hydrogens (primary N) is 1. The summed E-state index contributed by atoms with van der Waals surface area (Å²) in [5.74, 6) is 0.544. The maximum absolute atomic E-state index is 6.12. The van der Waals surface area contributed by atoms with Gasteiger partial charge in [-0.2, -0.15) is 5.10 Å². The van der Waals surface area contributed by atoms with E-state index in [0.29, 0.717) is 5.92 Å². The third-order valence-corrected chi connectivity index (χ3v) is 4.73. The predicted molar refractivity (Wildman–Crippen MR) is 88.7 cm³/mol. The third kappa shape index (κ3) is 4.57. The van der Waals surface area contributed by atoms with Gasteiger partial charge in [-0.05, 0) is 55.2 Å². The minimum absolute atomic E-state index is 0.281. The summed E-state index contributed by atoms with van der Waals surface area (Å²) in [6.45, 7) is 11.5. The van der Waals surface area contributed by atoms with Crippen molar-refractivity contribution < 1.29 is 0 Å². The van der Waals surface area contributed by atoms with Crippen molar-refractivity contribution in [2.75, 3.05) is 13.6 Å². The molecular formula is C15H29BrN4. The van der Waals surface area contributed by atoms with Crippen LogP contribution in [0.3, 0.4) is 0 Å². The quantitative estimate of drug-likeness (QED) is 0.788. The minimum Gasteiger partial charge on any atom is -0.327 e. The summed E-state index contributed by atoms with van der Waals surface area (Å²) in [6.07, 6.45) is 2.00. The molecule has 0 spiro atoms. The second-order valence-electron chi connectivity index (χ2n) is 5.81. The monoisotopic (exact) mass is 344 g/mol. The molecule has 116 valence electrons. The first-order chi connectivity index (χ1) is 9.40. The molecular weight excluding hydrogens is 316 g/mol. The van der Waals surface area contributed by atoms with Gasteiger partial charge in [0.25, 0.3) is 0 Å². The first-order valence-corrected chi connectivity index (χ1v) is 8.38. The largest absolute Gasteiger partial charge is 0.327 e. The summed E-state index contributed by atoms with van der Waals surface area (Å²) in [5, 5.41) is 4.64. The Morgan fingerprint density at radius 3 is 2.50 bits per heavy atom. The van der Waals surface area contributed by atoms with E-state index in [4.69, 9.17) is 5.73 Å². The van der Waals surface area contributed by atoms with E-state index in [1.54, 1.807) is 0 Å². The molecule has 1 aromatic heterocycles. The van der Waals surface area contributed by atoms with Crippen molar-refractivity contribution in [2.24, 2.45) is 11.7 Å². The van der Waals surface area contributed by atoms with E-state index >= 15 is 0 Å². The molecule has 5 heteroatoms. The van der Waals surface area contributed by atoms with Crippen molar-refractivity contribution in [3.05, 3.63) is 15.9 Å². The standard InChI is InChI=1S/C15H29BrN4/c1-6-13-15(16)14(20(7-2)18-13)10-19(5)9-8-12(17)11(3)4/h11-12H,6-10,17H2,1-5H3. The summed E-state index contributed by atoms with van der Waals surface area (Å²) in [4.78, 5) is 2.33. The molecule has 0 saturated carbocycles. The lowest BCUT2D eigenvalue weighted by molar-refractivity contribution is 0.287. The van der Waals surface area contributed by atoms with Crippen molar-refractivity contribution in [1.29, 1.82) is 0 Å². The maximum atomic E-state index is 6.12. The van der Waals surface area contributed by atoms with Crippen LogP contribution in [0.5, 0.6) is 0 Å². The van der Waals surface area contributed by atoms with Crippen molar-refractivity contribution in [3.8, 4) is 0 Å². The van der Waals surface area contributed by atoms with E-state index < -0.39 is 0 Å². The summed E-state index contributed by atoms with van der Waals surface area (Å²) in [6, 6.07) is 0.281. The van der Waals surface area contributed by atoms with Gasteiger partial charge < -0.3 is 10.6 Å². The zero-order valence-corrected chi connectivity index (χ0v) is 15.1. The van der Waals surface area contributed by atoms with Gasteiger partial charge in [-0.25, -0.2) is 0 Å². The number of rotatable bonds is 8. The first-order valence-electron chi connectivity index (χ1n) is 7.58. The molecule has 0 aromatic carbocycles. The molecule has 1 aromatic rings. The molecule has 1 rings (SSSR count). The van der Waals surface area contributed by atoms with Crippen LogP contribution in [0, 0.1) is 5.92 Å². The molecule has 1 unspecified atom stereocenters. The van der Waals surface area contributed by atoms with E-state index in [0.717, 1.165) is 38.2 Å². The molecule has 0 fully saturated rings. The van der Waals surface area contributed by atoms with Gasteiger partial charge in [0.15, 0.2) is 0 Å². The molecule has 20 heavy (non-hydrogen) atoms. The number of halogens is 1. The Kier molecular flexibility index (Phi) is 7.20. The summed E-state index contributed by atoms with van der Waals surface area (Å²) in [5.41, 5.74) is 8.53. The van der Waals surface area contributed by atoms with Crippen LogP contribution in [0.25, 0.3) is 0 Å². The Morgan fingerprint density at radius 2 is 2.00 bits per heavy atom. The molecule has 2 N–H and O–H groups in total. The summed E-state index contributed by atoms with van der Waals surface area (Å²) in [7, 11) is 2.15. The molecule has 0 bridgehead atoms. The van der Waals surface area contributed by atoms with Crippen LogP contribution in [0.4, 0.5) is 0 Å². The van der Waals surface area contributed by atoms with Crippen LogP contribution < -0.4 is 5.73 Å². The number of aryl methyl sites for hydroxylation is 2. The normalized spacial score (nSPS) is 13.4. The minimum atomic E-state index is 0.281. The first kappa shape index (κ1) is 17.7. The van der Waals surface area contributed by atoms with Gasteiger partial charge in [-0.15, -0.1) is 0 Å². The molecule has 0 aliphatic rings. The average Bonchev–Trinajstić information content (AvgIpc) is 2.72. The lowest BCUT2D eigenvalue weighted by Gasteiger charge is -2.21. The Labute approximate surface area is 131 Å². The van der Waals surface area contributed by atoms with E-state index in [-0.39, 0.29) is 6.04 Å². The molecule has 0 aliphatic heterocycles. The number of aromatic nitrogens is 2. The Bertz CT molecular complexity index is 414. The van der Waals surface area contributed by atoms with E-state index in [9.17, 15) is 0 Å². The van der Waals surface area contributed by atoms with Crippen molar-refractivity contribution in [1.82, 2.24) is 14.7 Å². The lowest BCUT2D eigenvalue weighted by Crippen LogP contribution is -2.32. The van der Waals surface area contributed by atoms with Gasteiger partial charge in [0.1, 0.15) is 0 Å².